The zero-order chi connectivity index (χ0) is 19.4. The molecule has 3 rings (SSSR count). The minimum atomic E-state index is -4.79. The molecule has 1 aromatic heterocycles. The van der Waals surface area contributed by atoms with E-state index in [2.05, 4.69) is 10.3 Å². The van der Waals surface area contributed by atoms with Gasteiger partial charge < -0.3 is 10.2 Å². The number of pyridine rings is 1. The van der Waals surface area contributed by atoms with Crippen molar-refractivity contribution in [2.24, 2.45) is 0 Å². The van der Waals surface area contributed by atoms with E-state index in [1.54, 1.807) is 17.3 Å². The third-order valence-electron chi connectivity index (χ3n) is 4.33. The Morgan fingerprint density at radius 2 is 1.96 bits per heavy atom. The standard InChI is InChI=1S/C19H17F4N3O/c20-16-3-1-13(11-15(16)19(21,22)23)2-4-18(27)26-10-9-25-12-17(26)14-5-7-24-8-6-14/h1-8,11,17,25H,9-10,12H2. The van der Waals surface area contributed by atoms with Crippen molar-refractivity contribution < 1.29 is 22.4 Å². The van der Waals surface area contributed by atoms with Gasteiger partial charge in [0.2, 0.25) is 5.91 Å². The Balaban J connectivity index is 1.79. The number of carbonyl (C=O) groups is 1. The molecular formula is C19H17F4N3O. The van der Waals surface area contributed by atoms with Crippen LogP contribution in [0.4, 0.5) is 17.6 Å². The Morgan fingerprint density at radius 1 is 1.22 bits per heavy atom. The fourth-order valence-electron chi connectivity index (χ4n) is 2.98. The largest absolute Gasteiger partial charge is 0.419 e. The lowest BCUT2D eigenvalue weighted by atomic mass is 10.0. The zero-order valence-corrected chi connectivity index (χ0v) is 14.2. The number of rotatable bonds is 3. The summed E-state index contributed by atoms with van der Waals surface area (Å²) in [5.74, 6) is -1.66. The summed E-state index contributed by atoms with van der Waals surface area (Å²) in [5.41, 5.74) is -0.332. The Hall–Kier alpha value is -2.74. The minimum absolute atomic E-state index is 0.104. The van der Waals surface area contributed by atoms with Crippen molar-refractivity contribution in [1.82, 2.24) is 15.2 Å². The van der Waals surface area contributed by atoms with Gasteiger partial charge in [0.1, 0.15) is 5.82 Å². The Morgan fingerprint density at radius 3 is 2.67 bits per heavy atom. The maximum Gasteiger partial charge on any atom is 0.419 e. The Kier molecular flexibility index (Phi) is 5.55. The van der Waals surface area contributed by atoms with Crippen LogP contribution >= 0.6 is 0 Å². The summed E-state index contributed by atoms with van der Waals surface area (Å²) >= 11 is 0. The average Bonchev–Trinajstić information content (AvgIpc) is 2.67. The van der Waals surface area contributed by atoms with Crippen molar-refractivity contribution in [2.45, 2.75) is 12.2 Å². The van der Waals surface area contributed by atoms with Crippen molar-refractivity contribution in [2.75, 3.05) is 19.6 Å². The fraction of sp³-hybridized carbons (Fsp3) is 0.263. The van der Waals surface area contributed by atoms with Crippen LogP contribution in [-0.4, -0.2) is 35.4 Å². The van der Waals surface area contributed by atoms with Gasteiger partial charge in [0.25, 0.3) is 0 Å². The van der Waals surface area contributed by atoms with Gasteiger partial charge in [0, 0.05) is 38.1 Å². The van der Waals surface area contributed by atoms with Crippen LogP contribution in [0.2, 0.25) is 0 Å². The second-order valence-electron chi connectivity index (χ2n) is 6.10. The molecule has 1 atom stereocenters. The molecule has 0 radical (unpaired) electrons. The molecule has 1 unspecified atom stereocenters. The van der Waals surface area contributed by atoms with Gasteiger partial charge in [-0.2, -0.15) is 13.2 Å². The van der Waals surface area contributed by atoms with Crippen LogP contribution < -0.4 is 5.32 Å². The van der Waals surface area contributed by atoms with Crippen molar-refractivity contribution in [3.63, 3.8) is 0 Å². The van der Waals surface area contributed by atoms with Crippen molar-refractivity contribution >= 4 is 12.0 Å². The molecule has 0 saturated carbocycles. The normalized spacial score (nSPS) is 18.1. The van der Waals surface area contributed by atoms with E-state index in [0.29, 0.717) is 25.7 Å². The predicted molar refractivity (Wildman–Crippen MR) is 92.0 cm³/mol. The number of amides is 1. The van der Waals surface area contributed by atoms with Crippen LogP contribution in [0.5, 0.6) is 0 Å². The number of piperazine rings is 1. The summed E-state index contributed by atoms with van der Waals surface area (Å²) in [6.07, 6.45) is 0.970. The Bertz CT molecular complexity index is 837. The van der Waals surface area contributed by atoms with Crippen molar-refractivity contribution in [1.29, 1.82) is 0 Å². The molecule has 1 amide bonds. The molecule has 2 heterocycles. The Labute approximate surface area is 153 Å². The van der Waals surface area contributed by atoms with Crippen LogP contribution in [0.15, 0.2) is 48.8 Å². The van der Waals surface area contributed by atoms with E-state index in [1.807, 2.05) is 12.1 Å². The maximum absolute atomic E-state index is 13.4. The highest BCUT2D eigenvalue weighted by Gasteiger charge is 2.34. The lowest BCUT2D eigenvalue weighted by Crippen LogP contribution is -2.48. The van der Waals surface area contributed by atoms with Gasteiger partial charge in [-0.05, 0) is 41.5 Å². The molecule has 0 bridgehead atoms. The van der Waals surface area contributed by atoms with Gasteiger partial charge in [0.05, 0.1) is 11.6 Å². The maximum atomic E-state index is 13.4. The lowest BCUT2D eigenvalue weighted by molar-refractivity contribution is -0.140. The van der Waals surface area contributed by atoms with E-state index < -0.39 is 17.6 Å². The number of nitrogens with one attached hydrogen (secondary N) is 1. The van der Waals surface area contributed by atoms with Crippen LogP contribution in [0.25, 0.3) is 6.08 Å². The molecule has 1 fully saturated rings. The molecule has 1 aliphatic heterocycles. The summed E-state index contributed by atoms with van der Waals surface area (Å²) in [6.45, 7) is 1.65. The molecule has 1 N–H and O–H groups in total. The van der Waals surface area contributed by atoms with Crippen LogP contribution in [0, 0.1) is 5.82 Å². The van der Waals surface area contributed by atoms with E-state index in [-0.39, 0.29) is 17.5 Å². The van der Waals surface area contributed by atoms with Gasteiger partial charge in [-0.1, -0.05) is 6.07 Å². The number of benzene rings is 1. The zero-order valence-electron chi connectivity index (χ0n) is 14.2. The number of alkyl halides is 3. The van der Waals surface area contributed by atoms with Gasteiger partial charge in [0.15, 0.2) is 0 Å². The fourth-order valence-corrected chi connectivity index (χ4v) is 2.98. The van der Waals surface area contributed by atoms with E-state index in [1.165, 1.54) is 18.2 Å². The molecule has 142 valence electrons. The van der Waals surface area contributed by atoms with Gasteiger partial charge in [-0.3, -0.25) is 9.78 Å². The number of hydrogen-bond donors (Lipinski definition) is 1. The monoisotopic (exact) mass is 379 g/mol. The quantitative estimate of drug-likeness (QED) is 0.657. The van der Waals surface area contributed by atoms with Crippen LogP contribution in [0.3, 0.4) is 0 Å². The first kappa shape index (κ1) is 19.0. The first-order chi connectivity index (χ1) is 12.9. The highest BCUT2D eigenvalue weighted by atomic mass is 19.4. The number of nitrogens with zero attached hydrogens (tertiary/aromatic N) is 2. The average molecular weight is 379 g/mol. The third kappa shape index (κ3) is 4.51. The minimum Gasteiger partial charge on any atom is -0.330 e. The smallest absolute Gasteiger partial charge is 0.330 e. The SMILES string of the molecule is O=C(C=Cc1ccc(F)c(C(F)(F)F)c1)N1CCNCC1c1ccncc1. The first-order valence-corrected chi connectivity index (χ1v) is 8.32. The van der Waals surface area contributed by atoms with E-state index in [0.717, 1.165) is 11.6 Å². The summed E-state index contributed by atoms with van der Waals surface area (Å²) in [4.78, 5) is 18.2. The lowest BCUT2D eigenvalue weighted by Gasteiger charge is -2.35. The second-order valence-corrected chi connectivity index (χ2v) is 6.10. The summed E-state index contributed by atoms with van der Waals surface area (Å²) in [7, 11) is 0. The topological polar surface area (TPSA) is 45.2 Å². The summed E-state index contributed by atoms with van der Waals surface area (Å²) < 4.78 is 51.8. The molecule has 0 spiro atoms. The van der Waals surface area contributed by atoms with E-state index >= 15 is 0 Å². The molecule has 2 aromatic rings. The molecule has 8 heteroatoms. The molecule has 1 aliphatic rings. The number of aromatic nitrogens is 1. The third-order valence-corrected chi connectivity index (χ3v) is 4.33. The summed E-state index contributed by atoms with van der Waals surface area (Å²) in [5, 5.41) is 3.22. The molecule has 27 heavy (non-hydrogen) atoms. The molecule has 1 aromatic carbocycles. The molecule has 1 saturated heterocycles. The molecule has 4 nitrogen and oxygen atoms in total. The van der Waals surface area contributed by atoms with Crippen LogP contribution in [0.1, 0.15) is 22.7 Å². The number of halogens is 4. The van der Waals surface area contributed by atoms with E-state index in [9.17, 15) is 22.4 Å². The molecular weight excluding hydrogens is 362 g/mol. The van der Waals surface area contributed by atoms with Gasteiger partial charge in [-0.15, -0.1) is 0 Å². The van der Waals surface area contributed by atoms with Gasteiger partial charge in [-0.25, -0.2) is 4.39 Å². The van der Waals surface area contributed by atoms with E-state index in [4.69, 9.17) is 0 Å². The predicted octanol–water partition coefficient (Wildman–Crippen LogP) is 3.43. The number of carbonyl (C=O) groups excluding carboxylic acids is 1. The highest BCUT2D eigenvalue weighted by molar-refractivity contribution is 5.92. The van der Waals surface area contributed by atoms with Gasteiger partial charge >= 0.3 is 6.18 Å². The van der Waals surface area contributed by atoms with Crippen molar-refractivity contribution in [3.05, 3.63) is 71.3 Å². The van der Waals surface area contributed by atoms with Crippen molar-refractivity contribution in [3.8, 4) is 0 Å². The molecule has 0 aliphatic carbocycles. The van der Waals surface area contributed by atoms with Crippen LogP contribution in [-0.2, 0) is 11.0 Å². The highest BCUT2D eigenvalue weighted by Crippen LogP contribution is 2.32. The summed E-state index contributed by atoms with van der Waals surface area (Å²) in [6, 6.07) is 6.08. The number of hydrogen-bond acceptors (Lipinski definition) is 3. The first-order valence-electron chi connectivity index (χ1n) is 8.32. The second kappa shape index (κ2) is 7.87.